The van der Waals surface area contributed by atoms with Crippen molar-refractivity contribution in [2.24, 2.45) is 0 Å². The van der Waals surface area contributed by atoms with Crippen LogP contribution in [0.1, 0.15) is 16.1 Å². The highest BCUT2D eigenvalue weighted by molar-refractivity contribution is 7.99. The molecule has 0 aliphatic rings. The molecule has 112 valence electrons. The van der Waals surface area contributed by atoms with Gasteiger partial charge in [0.2, 0.25) is 0 Å². The smallest absolute Gasteiger partial charge is 0.411 e. The molecule has 0 bridgehead atoms. The number of nitrogens with zero attached hydrogens (tertiary/aromatic N) is 1. The number of thioether (sulfide) groups is 1. The van der Waals surface area contributed by atoms with Gasteiger partial charge in [0, 0.05) is 11.4 Å². The Balaban J connectivity index is 2.64. The van der Waals surface area contributed by atoms with Crippen LogP contribution in [0, 0.1) is 6.92 Å². The van der Waals surface area contributed by atoms with Crippen molar-refractivity contribution in [1.82, 2.24) is 9.97 Å². The quantitative estimate of drug-likeness (QED) is 0.469. The summed E-state index contributed by atoms with van der Waals surface area (Å²) in [5.74, 6) is -1.23. The second kappa shape index (κ2) is 6.75. The Kier molecular flexibility index (Phi) is 5.57. The second-order valence-electron chi connectivity index (χ2n) is 3.67. The molecule has 0 aliphatic heterocycles. The Bertz CT molecular complexity index is 544. The standard InChI is InChI=1S/C10H11F3N2O4S/c1-5-6(8(16)17)7(15-9(18)14-5)20-3-2-19-4-10(11,12)13/h2-4H2,1H3,(H,16,17)(H,14,15,18). The first-order chi connectivity index (χ1) is 9.20. The Morgan fingerprint density at radius 3 is 2.70 bits per heavy atom. The number of H-pyrrole nitrogens is 1. The zero-order valence-corrected chi connectivity index (χ0v) is 11.1. The third-order valence-electron chi connectivity index (χ3n) is 2.03. The van der Waals surface area contributed by atoms with Crippen molar-refractivity contribution in [3.05, 3.63) is 21.7 Å². The van der Waals surface area contributed by atoms with Gasteiger partial charge in [-0.3, -0.25) is 0 Å². The second-order valence-corrected chi connectivity index (χ2v) is 4.75. The van der Waals surface area contributed by atoms with E-state index in [1.54, 1.807) is 0 Å². The number of aromatic carboxylic acids is 1. The van der Waals surface area contributed by atoms with Gasteiger partial charge in [-0.05, 0) is 6.92 Å². The van der Waals surface area contributed by atoms with Crippen LogP contribution in [0.5, 0.6) is 0 Å². The molecule has 0 saturated carbocycles. The number of ether oxygens (including phenoxy) is 1. The van der Waals surface area contributed by atoms with E-state index < -0.39 is 24.4 Å². The maximum absolute atomic E-state index is 11.8. The van der Waals surface area contributed by atoms with Crippen LogP contribution in [-0.4, -0.2) is 46.2 Å². The summed E-state index contributed by atoms with van der Waals surface area (Å²) in [4.78, 5) is 27.9. The van der Waals surface area contributed by atoms with Gasteiger partial charge >= 0.3 is 17.8 Å². The normalized spacial score (nSPS) is 11.6. The average Bonchev–Trinajstić information content (AvgIpc) is 2.25. The van der Waals surface area contributed by atoms with Gasteiger partial charge in [0.05, 0.1) is 6.61 Å². The summed E-state index contributed by atoms with van der Waals surface area (Å²) in [7, 11) is 0. The van der Waals surface area contributed by atoms with E-state index in [9.17, 15) is 22.8 Å². The lowest BCUT2D eigenvalue weighted by Gasteiger charge is -2.08. The molecule has 6 nitrogen and oxygen atoms in total. The summed E-state index contributed by atoms with van der Waals surface area (Å²) in [6.07, 6.45) is -4.41. The van der Waals surface area contributed by atoms with E-state index in [0.717, 1.165) is 11.8 Å². The Labute approximate surface area is 115 Å². The first-order valence-electron chi connectivity index (χ1n) is 5.32. The lowest BCUT2D eigenvalue weighted by Crippen LogP contribution is -2.19. The molecule has 0 atom stereocenters. The van der Waals surface area contributed by atoms with Crippen LogP contribution in [0.4, 0.5) is 13.2 Å². The monoisotopic (exact) mass is 312 g/mol. The van der Waals surface area contributed by atoms with Crippen LogP contribution < -0.4 is 5.69 Å². The fourth-order valence-electron chi connectivity index (χ4n) is 1.30. The van der Waals surface area contributed by atoms with Crippen molar-refractivity contribution in [2.75, 3.05) is 19.0 Å². The van der Waals surface area contributed by atoms with Gasteiger partial charge in [0.1, 0.15) is 17.2 Å². The van der Waals surface area contributed by atoms with Crippen molar-refractivity contribution < 1.29 is 27.8 Å². The van der Waals surface area contributed by atoms with Gasteiger partial charge in [0.25, 0.3) is 0 Å². The molecule has 1 heterocycles. The minimum absolute atomic E-state index is 0.0469. The van der Waals surface area contributed by atoms with E-state index >= 15 is 0 Å². The summed E-state index contributed by atoms with van der Waals surface area (Å²) in [6, 6.07) is 0. The van der Waals surface area contributed by atoms with E-state index in [4.69, 9.17) is 5.11 Å². The van der Waals surface area contributed by atoms with Crippen molar-refractivity contribution in [3.8, 4) is 0 Å². The fourth-order valence-corrected chi connectivity index (χ4v) is 2.23. The van der Waals surface area contributed by atoms with Crippen LogP contribution in [0.3, 0.4) is 0 Å². The molecular formula is C10H11F3N2O4S. The highest BCUT2D eigenvalue weighted by Gasteiger charge is 2.27. The van der Waals surface area contributed by atoms with Crippen LogP contribution >= 0.6 is 11.8 Å². The summed E-state index contributed by atoms with van der Waals surface area (Å²) < 4.78 is 39.8. The number of aromatic amines is 1. The van der Waals surface area contributed by atoms with E-state index in [1.807, 2.05) is 0 Å². The first kappa shape index (κ1) is 16.5. The number of alkyl halides is 3. The lowest BCUT2D eigenvalue weighted by atomic mass is 10.2. The predicted octanol–water partition coefficient (Wildman–Crippen LogP) is 1.45. The maximum Gasteiger partial charge on any atom is 0.411 e. The molecule has 0 spiro atoms. The minimum atomic E-state index is -4.41. The predicted molar refractivity (Wildman–Crippen MR) is 64.2 cm³/mol. The third kappa shape index (κ3) is 5.21. The number of carbonyl (C=O) groups is 1. The minimum Gasteiger partial charge on any atom is -0.478 e. The molecule has 20 heavy (non-hydrogen) atoms. The Morgan fingerprint density at radius 1 is 1.50 bits per heavy atom. The number of hydrogen-bond donors (Lipinski definition) is 2. The zero-order valence-electron chi connectivity index (χ0n) is 10.3. The number of aromatic nitrogens is 2. The summed E-state index contributed by atoms with van der Waals surface area (Å²) >= 11 is 0.850. The number of hydrogen-bond acceptors (Lipinski definition) is 5. The van der Waals surface area contributed by atoms with E-state index in [-0.39, 0.29) is 28.6 Å². The molecule has 0 amide bonds. The van der Waals surface area contributed by atoms with Gasteiger partial charge in [-0.1, -0.05) is 0 Å². The lowest BCUT2D eigenvalue weighted by molar-refractivity contribution is -0.172. The summed E-state index contributed by atoms with van der Waals surface area (Å²) in [5.41, 5.74) is -0.757. The molecule has 0 fully saturated rings. The molecule has 0 aliphatic carbocycles. The molecule has 0 aromatic carbocycles. The van der Waals surface area contributed by atoms with Crippen molar-refractivity contribution >= 4 is 17.7 Å². The highest BCUT2D eigenvalue weighted by atomic mass is 32.2. The summed E-state index contributed by atoms with van der Waals surface area (Å²) in [5, 5.41) is 8.94. The number of carboxylic acid groups (broad SMARTS) is 1. The number of halogens is 3. The van der Waals surface area contributed by atoms with Gasteiger partial charge in [-0.25, -0.2) is 9.59 Å². The Morgan fingerprint density at radius 2 is 2.15 bits per heavy atom. The topological polar surface area (TPSA) is 92.3 Å². The van der Waals surface area contributed by atoms with Crippen LogP contribution in [-0.2, 0) is 4.74 Å². The molecule has 1 aromatic rings. The molecule has 10 heteroatoms. The van der Waals surface area contributed by atoms with Crippen LogP contribution in [0.2, 0.25) is 0 Å². The highest BCUT2D eigenvalue weighted by Crippen LogP contribution is 2.21. The molecule has 0 saturated heterocycles. The Hall–Kier alpha value is -1.55. The molecule has 2 N–H and O–H groups in total. The van der Waals surface area contributed by atoms with Crippen molar-refractivity contribution in [2.45, 2.75) is 18.1 Å². The number of nitrogens with one attached hydrogen (secondary N) is 1. The van der Waals surface area contributed by atoms with Crippen LogP contribution in [0.15, 0.2) is 9.82 Å². The van der Waals surface area contributed by atoms with E-state index in [2.05, 4.69) is 14.7 Å². The average molecular weight is 312 g/mol. The molecular weight excluding hydrogens is 301 g/mol. The number of carboxylic acids is 1. The molecule has 1 aromatic heterocycles. The maximum atomic E-state index is 11.8. The number of rotatable bonds is 6. The largest absolute Gasteiger partial charge is 0.478 e. The van der Waals surface area contributed by atoms with E-state index in [0.29, 0.717) is 0 Å². The van der Waals surface area contributed by atoms with E-state index in [1.165, 1.54) is 6.92 Å². The molecule has 0 unspecified atom stereocenters. The van der Waals surface area contributed by atoms with Gasteiger partial charge < -0.3 is 14.8 Å². The number of aryl methyl sites for hydroxylation is 1. The zero-order chi connectivity index (χ0) is 15.3. The van der Waals surface area contributed by atoms with Crippen molar-refractivity contribution in [3.63, 3.8) is 0 Å². The fraction of sp³-hybridized carbons (Fsp3) is 0.500. The molecule has 0 radical (unpaired) electrons. The van der Waals surface area contributed by atoms with Gasteiger partial charge in [-0.15, -0.1) is 11.8 Å². The summed E-state index contributed by atoms with van der Waals surface area (Å²) in [6.45, 7) is -0.214. The SMILES string of the molecule is Cc1[nH]c(=O)nc(SCCOCC(F)(F)F)c1C(=O)O. The first-order valence-corrected chi connectivity index (χ1v) is 6.31. The molecule has 1 rings (SSSR count). The van der Waals surface area contributed by atoms with Gasteiger partial charge in [0.15, 0.2) is 0 Å². The third-order valence-corrected chi connectivity index (χ3v) is 2.97. The van der Waals surface area contributed by atoms with Gasteiger partial charge in [-0.2, -0.15) is 18.2 Å². The van der Waals surface area contributed by atoms with Crippen LogP contribution in [0.25, 0.3) is 0 Å². The van der Waals surface area contributed by atoms with Crippen molar-refractivity contribution in [1.29, 1.82) is 0 Å².